The standard InChI is InChI=1S/C26H36N4O4S/c1-4-18(3)29-35(33,34)24-17-21(28-26(32)22(5-2)19-9-7-6-8-10-19)11-12-23(24)30-15-13-20(14-16-30)25(27)31/h6-12,17-18,20,22,29H,4-5,13-16H2,1-3H3,(H2,27,31)(H,28,32). The van der Waals surface area contributed by atoms with E-state index in [1.807, 2.05) is 56.0 Å². The number of nitrogens with two attached hydrogens (primary N) is 1. The van der Waals surface area contributed by atoms with E-state index in [2.05, 4.69) is 10.0 Å². The molecule has 0 spiro atoms. The number of hydrogen-bond acceptors (Lipinski definition) is 5. The number of anilines is 2. The van der Waals surface area contributed by atoms with Gasteiger partial charge in [0.2, 0.25) is 21.8 Å². The van der Waals surface area contributed by atoms with Crippen molar-refractivity contribution in [2.24, 2.45) is 11.7 Å². The summed E-state index contributed by atoms with van der Waals surface area (Å²) >= 11 is 0. The Kier molecular flexibility index (Phi) is 8.91. The molecule has 1 saturated heterocycles. The number of nitrogens with one attached hydrogen (secondary N) is 2. The zero-order valence-electron chi connectivity index (χ0n) is 20.7. The summed E-state index contributed by atoms with van der Waals surface area (Å²) in [5, 5.41) is 2.91. The maximum absolute atomic E-state index is 13.4. The molecular formula is C26H36N4O4S. The minimum absolute atomic E-state index is 0.112. The van der Waals surface area contributed by atoms with Crippen molar-refractivity contribution in [3.8, 4) is 0 Å². The molecule has 0 aromatic heterocycles. The fourth-order valence-electron chi connectivity index (χ4n) is 4.37. The number of primary amides is 1. The van der Waals surface area contributed by atoms with Crippen LogP contribution in [0.2, 0.25) is 0 Å². The van der Waals surface area contributed by atoms with Gasteiger partial charge in [-0.2, -0.15) is 0 Å². The van der Waals surface area contributed by atoms with Gasteiger partial charge < -0.3 is 16.0 Å². The highest BCUT2D eigenvalue weighted by Gasteiger charge is 2.29. The van der Waals surface area contributed by atoms with Crippen LogP contribution in [0.25, 0.3) is 0 Å². The van der Waals surface area contributed by atoms with Crippen LogP contribution in [-0.4, -0.2) is 39.4 Å². The minimum atomic E-state index is -3.85. The van der Waals surface area contributed by atoms with Crippen LogP contribution in [0.3, 0.4) is 0 Å². The number of sulfonamides is 1. The van der Waals surface area contributed by atoms with Gasteiger partial charge in [0.05, 0.1) is 11.6 Å². The highest BCUT2D eigenvalue weighted by molar-refractivity contribution is 7.89. The van der Waals surface area contributed by atoms with Crippen molar-refractivity contribution in [2.75, 3.05) is 23.3 Å². The maximum atomic E-state index is 13.4. The minimum Gasteiger partial charge on any atom is -0.370 e. The summed E-state index contributed by atoms with van der Waals surface area (Å²) in [5.74, 6) is -1.06. The van der Waals surface area contributed by atoms with Gasteiger partial charge in [0, 0.05) is 30.7 Å². The number of amides is 2. The first-order valence-corrected chi connectivity index (χ1v) is 13.7. The summed E-state index contributed by atoms with van der Waals surface area (Å²) in [6.45, 7) is 6.72. The first-order valence-electron chi connectivity index (χ1n) is 12.2. The molecule has 2 aromatic rings. The molecule has 0 saturated carbocycles. The van der Waals surface area contributed by atoms with Gasteiger partial charge in [-0.25, -0.2) is 13.1 Å². The van der Waals surface area contributed by atoms with Gasteiger partial charge >= 0.3 is 0 Å². The normalized spacial score (nSPS) is 16.5. The summed E-state index contributed by atoms with van der Waals surface area (Å²) in [6.07, 6.45) is 2.40. The first-order chi connectivity index (χ1) is 16.7. The van der Waals surface area contributed by atoms with Gasteiger partial charge in [0.1, 0.15) is 4.90 Å². The van der Waals surface area contributed by atoms with E-state index in [1.165, 1.54) is 6.07 Å². The summed E-state index contributed by atoms with van der Waals surface area (Å²) in [7, 11) is -3.85. The number of benzene rings is 2. The van der Waals surface area contributed by atoms with E-state index in [0.717, 1.165) is 5.56 Å². The first kappa shape index (κ1) is 26.7. The summed E-state index contributed by atoms with van der Waals surface area (Å²) in [6, 6.07) is 14.3. The molecule has 2 atom stereocenters. The van der Waals surface area contributed by atoms with Crippen molar-refractivity contribution in [2.45, 2.75) is 63.3 Å². The number of carbonyl (C=O) groups is 2. The Morgan fingerprint density at radius 1 is 1.06 bits per heavy atom. The zero-order chi connectivity index (χ0) is 25.6. The van der Waals surface area contributed by atoms with Gasteiger partial charge in [-0.15, -0.1) is 0 Å². The number of nitrogens with zero attached hydrogens (tertiary/aromatic N) is 1. The predicted molar refractivity (Wildman–Crippen MR) is 139 cm³/mol. The van der Waals surface area contributed by atoms with Gasteiger partial charge in [0.15, 0.2) is 0 Å². The van der Waals surface area contributed by atoms with E-state index in [0.29, 0.717) is 50.1 Å². The Morgan fingerprint density at radius 2 is 1.71 bits per heavy atom. The number of carbonyl (C=O) groups excluding carboxylic acids is 2. The van der Waals surface area contributed by atoms with Crippen LogP contribution >= 0.6 is 0 Å². The Morgan fingerprint density at radius 3 is 2.29 bits per heavy atom. The van der Waals surface area contributed by atoms with Crippen molar-refractivity contribution < 1.29 is 18.0 Å². The molecule has 1 fully saturated rings. The van der Waals surface area contributed by atoms with Gasteiger partial charge in [-0.3, -0.25) is 9.59 Å². The Hall–Kier alpha value is -2.91. The van der Waals surface area contributed by atoms with Crippen molar-refractivity contribution in [1.82, 2.24) is 4.72 Å². The zero-order valence-corrected chi connectivity index (χ0v) is 21.5. The molecule has 1 heterocycles. The summed E-state index contributed by atoms with van der Waals surface area (Å²) < 4.78 is 29.5. The van der Waals surface area contributed by atoms with Gasteiger partial charge in [0.25, 0.3) is 0 Å². The van der Waals surface area contributed by atoms with E-state index in [1.54, 1.807) is 12.1 Å². The fraction of sp³-hybridized carbons (Fsp3) is 0.462. The van der Waals surface area contributed by atoms with Crippen LogP contribution in [0, 0.1) is 5.92 Å². The molecule has 35 heavy (non-hydrogen) atoms. The topological polar surface area (TPSA) is 122 Å². The summed E-state index contributed by atoms with van der Waals surface area (Å²) in [5.41, 5.74) is 7.34. The van der Waals surface area contributed by atoms with Crippen molar-refractivity contribution >= 4 is 33.2 Å². The number of rotatable bonds is 10. The smallest absolute Gasteiger partial charge is 0.242 e. The summed E-state index contributed by atoms with van der Waals surface area (Å²) in [4.78, 5) is 26.7. The van der Waals surface area contributed by atoms with E-state index in [9.17, 15) is 18.0 Å². The van der Waals surface area contributed by atoms with Crippen molar-refractivity contribution in [1.29, 1.82) is 0 Å². The Bertz CT molecular complexity index is 1130. The van der Waals surface area contributed by atoms with Gasteiger partial charge in [-0.1, -0.05) is 44.2 Å². The molecule has 1 aliphatic rings. The average Bonchev–Trinajstić information content (AvgIpc) is 2.85. The van der Waals surface area contributed by atoms with Crippen LogP contribution in [0.5, 0.6) is 0 Å². The molecular weight excluding hydrogens is 464 g/mol. The molecule has 0 radical (unpaired) electrons. The predicted octanol–water partition coefficient (Wildman–Crippen LogP) is 3.60. The van der Waals surface area contributed by atoms with E-state index < -0.39 is 10.0 Å². The van der Waals surface area contributed by atoms with Crippen LogP contribution in [0.4, 0.5) is 11.4 Å². The molecule has 8 nitrogen and oxygen atoms in total. The molecule has 1 aliphatic heterocycles. The Labute approximate surface area is 208 Å². The quantitative estimate of drug-likeness (QED) is 0.460. The molecule has 2 unspecified atom stereocenters. The lowest BCUT2D eigenvalue weighted by atomic mass is 9.95. The molecule has 9 heteroatoms. The monoisotopic (exact) mass is 500 g/mol. The highest BCUT2D eigenvalue weighted by atomic mass is 32.2. The lowest BCUT2D eigenvalue weighted by Gasteiger charge is -2.33. The third kappa shape index (κ3) is 6.61. The lowest BCUT2D eigenvalue weighted by molar-refractivity contribution is -0.122. The third-order valence-electron chi connectivity index (χ3n) is 6.65. The van der Waals surface area contributed by atoms with Crippen LogP contribution < -0.4 is 20.7 Å². The molecule has 190 valence electrons. The largest absolute Gasteiger partial charge is 0.370 e. The highest BCUT2D eigenvalue weighted by Crippen LogP contribution is 2.32. The van der Waals surface area contributed by atoms with Crippen LogP contribution in [-0.2, 0) is 19.6 Å². The molecule has 0 aliphatic carbocycles. The fourth-order valence-corrected chi connectivity index (χ4v) is 5.95. The van der Waals surface area contributed by atoms with Crippen molar-refractivity contribution in [3.63, 3.8) is 0 Å². The van der Waals surface area contributed by atoms with E-state index in [4.69, 9.17) is 5.73 Å². The van der Waals surface area contributed by atoms with Gasteiger partial charge in [-0.05, 0) is 56.4 Å². The second-order valence-electron chi connectivity index (χ2n) is 9.14. The third-order valence-corrected chi connectivity index (χ3v) is 8.27. The van der Waals surface area contributed by atoms with E-state index in [-0.39, 0.29) is 34.6 Å². The lowest BCUT2D eigenvalue weighted by Crippen LogP contribution is -2.40. The second-order valence-corrected chi connectivity index (χ2v) is 10.8. The number of hydrogen-bond donors (Lipinski definition) is 3. The Balaban J connectivity index is 1.92. The van der Waals surface area contributed by atoms with E-state index >= 15 is 0 Å². The molecule has 4 N–H and O–H groups in total. The maximum Gasteiger partial charge on any atom is 0.242 e. The average molecular weight is 501 g/mol. The van der Waals surface area contributed by atoms with Crippen LogP contribution in [0.15, 0.2) is 53.4 Å². The van der Waals surface area contributed by atoms with Crippen molar-refractivity contribution in [3.05, 3.63) is 54.1 Å². The molecule has 2 amide bonds. The SMILES string of the molecule is CCC(C)NS(=O)(=O)c1cc(NC(=O)C(CC)c2ccccc2)ccc1N1CCC(C(N)=O)CC1. The molecule has 0 bridgehead atoms. The van der Waals surface area contributed by atoms with Crippen LogP contribution in [0.1, 0.15) is 57.9 Å². The second kappa shape index (κ2) is 11.7. The molecule has 3 rings (SSSR count). The molecule has 2 aromatic carbocycles. The number of piperidine rings is 1.